The summed E-state index contributed by atoms with van der Waals surface area (Å²) in [5.74, 6) is 2.24. The molecule has 32 heavy (non-hydrogen) atoms. The van der Waals surface area contributed by atoms with Crippen LogP contribution in [0.25, 0.3) is 11.5 Å². The van der Waals surface area contributed by atoms with Gasteiger partial charge in [0.2, 0.25) is 5.89 Å². The van der Waals surface area contributed by atoms with E-state index in [1.54, 1.807) is 24.5 Å². The Morgan fingerprint density at radius 3 is 2.75 bits per heavy atom. The van der Waals surface area contributed by atoms with Crippen LogP contribution < -0.4 is 11.1 Å². The molecule has 1 saturated carbocycles. The molecule has 2 heterocycles. The number of rotatable bonds is 7. The zero-order valence-corrected chi connectivity index (χ0v) is 19.4. The largest absolute Gasteiger partial charge is 0.441 e. The van der Waals surface area contributed by atoms with Crippen LogP contribution in [0.1, 0.15) is 53.6 Å². The lowest BCUT2D eigenvalue weighted by molar-refractivity contribution is 0.0951. The first-order chi connectivity index (χ1) is 15.5. The summed E-state index contributed by atoms with van der Waals surface area (Å²) in [5, 5.41) is 5.88. The first-order valence-electron chi connectivity index (χ1n) is 11.0. The van der Waals surface area contributed by atoms with Crippen molar-refractivity contribution in [2.45, 2.75) is 56.7 Å². The van der Waals surface area contributed by atoms with Gasteiger partial charge in [0.05, 0.1) is 5.69 Å². The smallest absolute Gasteiger partial charge is 0.251 e. The van der Waals surface area contributed by atoms with Crippen LogP contribution in [0.15, 0.2) is 53.2 Å². The summed E-state index contributed by atoms with van der Waals surface area (Å²) < 4.78 is 5.98. The highest BCUT2D eigenvalue weighted by Gasteiger charge is 2.25. The standard InChI is InChI=1S/C25H30N4O2S/c1-3-32(22-11-10-21(26)13-22)16-23-17(2)31-25(29-23)20-8-6-19(7-9-20)24(30)28-15-18-5-4-12-27-14-18/h3-9,12,14,21-22H,10-11,13,15-16,26H2,1-2H3,(H,28,30)/t21-,22-,32?/m0/s1. The van der Waals surface area contributed by atoms with Gasteiger partial charge in [0.1, 0.15) is 5.76 Å². The van der Waals surface area contributed by atoms with E-state index in [-0.39, 0.29) is 16.4 Å². The number of aromatic nitrogens is 2. The third kappa shape index (κ3) is 5.34. The fraction of sp³-hybridized carbons (Fsp3) is 0.360. The first kappa shape index (κ1) is 22.4. The van der Waals surface area contributed by atoms with Crippen molar-refractivity contribution in [3.63, 3.8) is 0 Å². The zero-order valence-electron chi connectivity index (χ0n) is 18.6. The fourth-order valence-corrected chi connectivity index (χ4v) is 6.34. The second kappa shape index (κ2) is 10.2. The average Bonchev–Trinajstić information content (AvgIpc) is 3.42. The van der Waals surface area contributed by atoms with Gasteiger partial charge in [-0.1, -0.05) is 11.4 Å². The number of amides is 1. The van der Waals surface area contributed by atoms with Gasteiger partial charge >= 0.3 is 0 Å². The summed E-state index contributed by atoms with van der Waals surface area (Å²) in [4.78, 5) is 21.3. The van der Waals surface area contributed by atoms with Gasteiger partial charge in [-0.05, 0) is 69.0 Å². The topological polar surface area (TPSA) is 94.0 Å². The minimum absolute atomic E-state index is 0.123. The van der Waals surface area contributed by atoms with Crippen LogP contribution in [0.3, 0.4) is 0 Å². The van der Waals surface area contributed by atoms with Crippen LogP contribution in [-0.4, -0.2) is 32.5 Å². The van der Waals surface area contributed by atoms with Gasteiger partial charge in [-0.2, -0.15) is 10.5 Å². The van der Waals surface area contributed by atoms with Crippen LogP contribution >= 0.6 is 10.5 Å². The molecule has 0 spiro atoms. The van der Waals surface area contributed by atoms with Gasteiger partial charge in [-0.3, -0.25) is 9.78 Å². The van der Waals surface area contributed by atoms with Crippen molar-refractivity contribution in [3.05, 3.63) is 71.4 Å². The highest BCUT2D eigenvalue weighted by Crippen LogP contribution is 2.37. The van der Waals surface area contributed by atoms with Crippen molar-refractivity contribution < 1.29 is 9.21 Å². The molecule has 1 aliphatic rings. The van der Waals surface area contributed by atoms with Crippen LogP contribution in [0.2, 0.25) is 0 Å². The van der Waals surface area contributed by atoms with E-state index in [1.807, 2.05) is 31.2 Å². The molecule has 2 aromatic heterocycles. The SMILES string of the molecule is C/C=S(\Cc1nc(-c2ccc(C(=O)NCc3cccnc3)cc2)oc1C)[C@H]1CC[C@H](N)C1. The normalized spacial score (nSPS) is 19.2. The molecular formula is C25H30N4O2S. The van der Waals surface area contributed by atoms with E-state index in [1.165, 1.54) is 6.42 Å². The Morgan fingerprint density at radius 2 is 2.09 bits per heavy atom. The summed E-state index contributed by atoms with van der Waals surface area (Å²) in [6.45, 7) is 4.56. The number of nitrogens with one attached hydrogen (secondary N) is 1. The number of carbonyl (C=O) groups excluding carboxylic acids is 1. The summed E-state index contributed by atoms with van der Waals surface area (Å²) in [7, 11) is 0.155. The maximum absolute atomic E-state index is 12.4. The number of oxazole rings is 1. The summed E-state index contributed by atoms with van der Waals surface area (Å²) in [6.07, 6.45) is 6.87. The molecule has 0 aliphatic heterocycles. The van der Waals surface area contributed by atoms with Gasteiger partial charge in [-0.15, -0.1) is 0 Å². The lowest BCUT2D eigenvalue weighted by atomic mass is 10.1. The first-order valence-corrected chi connectivity index (χ1v) is 12.5. The molecule has 1 fully saturated rings. The predicted octanol–water partition coefficient (Wildman–Crippen LogP) is 4.45. The molecule has 3 atom stereocenters. The number of nitrogens with two attached hydrogens (primary N) is 1. The van der Waals surface area contributed by atoms with Crippen molar-refractivity contribution in [2.75, 3.05) is 0 Å². The molecule has 168 valence electrons. The lowest BCUT2D eigenvalue weighted by Crippen LogP contribution is -2.22. The Kier molecular flexibility index (Phi) is 7.17. The molecule has 1 aromatic carbocycles. The van der Waals surface area contributed by atoms with Crippen molar-refractivity contribution in [1.82, 2.24) is 15.3 Å². The highest BCUT2D eigenvalue weighted by atomic mass is 32.2. The van der Waals surface area contributed by atoms with Crippen molar-refractivity contribution >= 4 is 21.8 Å². The second-order valence-electron chi connectivity index (χ2n) is 8.19. The fourth-order valence-electron chi connectivity index (χ4n) is 4.04. The number of hydrogen-bond donors (Lipinski definition) is 2. The van der Waals surface area contributed by atoms with E-state index in [0.29, 0.717) is 29.3 Å². The number of benzene rings is 1. The lowest BCUT2D eigenvalue weighted by Gasteiger charge is -2.15. The molecule has 1 amide bonds. The van der Waals surface area contributed by atoms with E-state index < -0.39 is 0 Å². The number of carbonyl (C=O) groups is 1. The maximum Gasteiger partial charge on any atom is 0.251 e. The quantitative estimate of drug-likeness (QED) is 0.519. The van der Waals surface area contributed by atoms with Crippen molar-refractivity contribution in [1.29, 1.82) is 0 Å². The monoisotopic (exact) mass is 450 g/mol. The molecule has 4 rings (SSSR count). The van der Waals surface area contributed by atoms with Crippen LogP contribution in [0.5, 0.6) is 0 Å². The molecule has 3 N–H and O–H groups in total. The van der Waals surface area contributed by atoms with Crippen molar-refractivity contribution in [3.8, 4) is 11.5 Å². The molecule has 7 heteroatoms. The van der Waals surface area contributed by atoms with E-state index in [9.17, 15) is 4.79 Å². The minimum atomic E-state index is -0.123. The number of hydrogen-bond acceptors (Lipinski definition) is 5. The van der Waals surface area contributed by atoms with Crippen LogP contribution in [0, 0.1) is 6.92 Å². The molecule has 6 nitrogen and oxygen atoms in total. The molecule has 3 aromatic rings. The number of aryl methyl sites for hydroxylation is 1. The van der Waals surface area contributed by atoms with Crippen LogP contribution in [-0.2, 0) is 12.3 Å². The third-order valence-electron chi connectivity index (χ3n) is 5.92. The van der Waals surface area contributed by atoms with E-state index in [2.05, 4.69) is 22.6 Å². The van der Waals surface area contributed by atoms with E-state index in [4.69, 9.17) is 15.1 Å². The molecule has 0 bridgehead atoms. The highest BCUT2D eigenvalue weighted by molar-refractivity contribution is 8.14. The van der Waals surface area contributed by atoms with Gasteiger partial charge in [0.25, 0.3) is 5.91 Å². The van der Waals surface area contributed by atoms with Crippen LogP contribution in [0.4, 0.5) is 0 Å². The van der Waals surface area contributed by atoms with Gasteiger partial charge in [0, 0.05) is 47.1 Å². The Labute approximate surface area is 191 Å². The zero-order chi connectivity index (χ0) is 22.5. The van der Waals surface area contributed by atoms with Gasteiger partial charge in [0.15, 0.2) is 0 Å². The van der Waals surface area contributed by atoms with E-state index in [0.717, 1.165) is 41.2 Å². The Morgan fingerprint density at radius 1 is 1.28 bits per heavy atom. The van der Waals surface area contributed by atoms with Crippen molar-refractivity contribution in [2.24, 2.45) is 5.73 Å². The van der Waals surface area contributed by atoms with Gasteiger partial charge in [-0.25, -0.2) is 4.98 Å². The number of pyridine rings is 1. The molecule has 0 radical (unpaired) electrons. The summed E-state index contributed by atoms with van der Waals surface area (Å²) >= 11 is 0. The van der Waals surface area contributed by atoms with E-state index >= 15 is 0 Å². The predicted molar refractivity (Wildman–Crippen MR) is 131 cm³/mol. The van der Waals surface area contributed by atoms with Gasteiger partial charge < -0.3 is 15.5 Å². The number of nitrogens with zero attached hydrogens (tertiary/aromatic N) is 2. The maximum atomic E-state index is 12.4. The second-order valence-corrected chi connectivity index (χ2v) is 10.6. The average molecular weight is 451 g/mol. The Bertz CT molecular complexity index is 1090. The summed E-state index contributed by atoms with van der Waals surface area (Å²) in [5.41, 5.74) is 9.57. The minimum Gasteiger partial charge on any atom is -0.441 e. The molecule has 1 unspecified atom stereocenters. The molecule has 0 saturated heterocycles. The Balaban J connectivity index is 1.41. The molecular weight excluding hydrogens is 420 g/mol. The molecule has 1 aliphatic carbocycles. The third-order valence-corrected chi connectivity index (χ3v) is 8.42. The summed E-state index contributed by atoms with van der Waals surface area (Å²) in [6, 6.07) is 11.5. The Hall–Kier alpha value is -2.77.